The van der Waals surface area contributed by atoms with Crippen molar-refractivity contribution in [3.63, 3.8) is 0 Å². The first-order valence-electron chi connectivity index (χ1n) is 6.68. The van der Waals surface area contributed by atoms with Crippen LogP contribution in [0.4, 0.5) is 0 Å². The zero-order valence-electron chi connectivity index (χ0n) is 11.7. The average molecular weight is 323 g/mol. The molecule has 0 aromatic heterocycles. The van der Waals surface area contributed by atoms with Gasteiger partial charge < -0.3 is 4.74 Å². The molecule has 0 aliphatic carbocycles. The van der Waals surface area contributed by atoms with E-state index in [-0.39, 0.29) is 11.9 Å². The zero-order chi connectivity index (χ0) is 15.2. The quantitative estimate of drug-likeness (QED) is 0.733. The van der Waals surface area contributed by atoms with Gasteiger partial charge in [0, 0.05) is 10.0 Å². The van der Waals surface area contributed by atoms with Crippen molar-refractivity contribution in [2.75, 3.05) is 7.11 Å². The Morgan fingerprint density at radius 2 is 1.52 bits per heavy atom. The lowest BCUT2D eigenvalue weighted by atomic mass is 9.92. The molecule has 0 aliphatic rings. The lowest BCUT2D eigenvalue weighted by Gasteiger charge is -2.15. The molecule has 0 spiro atoms. The first-order valence-corrected chi connectivity index (χ1v) is 7.43. The summed E-state index contributed by atoms with van der Waals surface area (Å²) in [6.45, 7) is 0. The highest BCUT2D eigenvalue weighted by atomic mass is 35.5. The predicted molar refractivity (Wildman–Crippen MR) is 86.0 cm³/mol. The normalized spacial score (nSPS) is 12.0. The van der Waals surface area contributed by atoms with Gasteiger partial charge in [-0.05, 0) is 48.2 Å². The number of hydrogen-bond donors (Lipinski definition) is 0. The third-order valence-corrected chi connectivity index (χ3v) is 3.90. The minimum absolute atomic E-state index is 0.230. The molecule has 0 radical (unpaired) electrons. The summed E-state index contributed by atoms with van der Waals surface area (Å²) in [5.74, 6) is -0.519. The maximum absolute atomic E-state index is 12.0. The molecule has 2 aromatic rings. The Morgan fingerprint density at radius 3 is 2.05 bits per heavy atom. The lowest BCUT2D eigenvalue weighted by Crippen LogP contribution is -2.15. The number of hydrogen-bond acceptors (Lipinski definition) is 2. The Balaban J connectivity index is 2.11. The Hall–Kier alpha value is -1.51. The summed E-state index contributed by atoms with van der Waals surface area (Å²) in [6.07, 6.45) is 1.45. The highest BCUT2D eigenvalue weighted by molar-refractivity contribution is 6.30. The van der Waals surface area contributed by atoms with E-state index >= 15 is 0 Å². The molecule has 2 rings (SSSR count). The largest absolute Gasteiger partial charge is 0.469 e. The zero-order valence-corrected chi connectivity index (χ0v) is 13.2. The van der Waals surface area contributed by atoms with Gasteiger partial charge in [-0.25, -0.2) is 0 Å². The molecule has 0 amide bonds. The van der Waals surface area contributed by atoms with E-state index in [1.165, 1.54) is 7.11 Å². The maximum atomic E-state index is 12.0. The molecule has 2 aromatic carbocycles. The number of aryl methyl sites for hydroxylation is 1. The van der Waals surface area contributed by atoms with Crippen LogP contribution < -0.4 is 0 Å². The van der Waals surface area contributed by atoms with Crippen molar-refractivity contribution in [1.29, 1.82) is 0 Å². The van der Waals surface area contributed by atoms with E-state index in [1.807, 2.05) is 36.4 Å². The Bertz CT molecular complexity index is 591. The number of carbonyl (C=O) groups is 1. The van der Waals surface area contributed by atoms with Crippen LogP contribution in [0.1, 0.15) is 23.5 Å². The summed E-state index contributed by atoms with van der Waals surface area (Å²) in [5.41, 5.74) is 2.06. The second-order valence-electron chi connectivity index (χ2n) is 4.79. The van der Waals surface area contributed by atoms with Crippen LogP contribution in [0, 0.1) is 0 Å². The molecule has 4 heteroatoms. The Kier molecular flexibility index (Phi) is 5.66. The van der Waals surface area contributed by atoms with Crippen molar-refractivity contribution >= 4 is 29.2 Å². The van der Waals surface area contributed by atoms with E-state index in [0.717, 1.165) is 17.5 Å². The molecule has 0 saturated heterocycles. The summed E-state index contributed by atoms with van der Waals surface area (Å²) >= 11 is 11.8. The maximum Gasteiger partial charge on any atom is 0.313 e. The molecular weight excluding hydrogens is 307 g/mol. The summed E-state index contributed by atoms with van der Waals surface area (Å²) in [5, 5.41) is 1.36. The molecule has 0 N–H and O–H groups in total. The molecule has 21 heavy (non-hydrogen) atoms. The molecule has 2 nitrogen and oxygen atoms in total. The fraction of sp³-hybridized carbons (Fsp3) is 0.235. The second kappa shape index (κ2) is 7.48. The van der Waals surface area contributed by atoms with Gasteiger partial charge in [0.1, 0.15) is 0 Å². The Labute approximate surface area is 134 Å². The van der Waals surface area contributed by atoms with Crippen molar-refractivity contribution in [2.45, 2.75) is 18.8 Å². The SMILES string of the molecule is COC(=O)C(CCc1ccc(Cl)cc1)c1ccc(Cl)cc1. The molecule has 110 valence electrons. The van der Waals surface area contributed by atoms with Gasteiger partial charge in [0.2, 0.25) is 0 Å². The van der Waals surface area contributed by atoms with E-state index in [2.05, 4.69) is 0 Å². The predicted octanol–water partition coefficient (Wildman–Crippen LogP) is 4.88. The third-order valence-electron chi connectivity index (χ3n) is 3.39. The molecular formula is C17H16Cl2O2. The smallest absolute Gasteiger partial charge is 0.313 e. The van der Waals surface area contributed by atoms with Crippen molar-refractivity contribution in [2.24, 2.45) is 0 Å². The van der Waals surface area contributed by atoms with Crippen molar-refractivity contribution in [1.82, 2.24) is 0 Å². The van der Waals surface area contributed by atoms with Gasteiger partial charge in [0.25, 0.3) is 0 Å². The second-order valence-corrected chi connectivity index (χ2v) is 5.67. The molecule has 0 fully saturated rings. The third kappa shape index (κ3) is 4.48. The average Bonchev–Trinajstić information content (AvgIpc) is 2.50. The number of esters is 1. The van der Waals surface area contributed by atoms with Gasteiger partial charge in [-0.15, -0.1) is 0 Å². The van der Waals surface area contributed by atoms with Crippen molar-refractivity contribution in [3.8, 4) is 0 Å². The van der Waals surface area contributed by atoms with Crippen LogP contribution in [-0.2, 0) is 16.0 Å². The molecule has 0 aliphatic heterocycles. The van der Waals surface area contributed by atoms with Crippen LogP contribution in [-0.4, -0.2) is 13.1 Å². The number of benzene rings is 2. The number of halogens is 2. The molecule has 1 unspecified atom stereocenters. The summed E-state index contributed by atoms with van der Waals surface area (Å²) in [7, 11) is 1.41. The lowest BCUT2D eigenvalue weighted by molar-refractivity contribution is -0.142. The van der Waals surface area contributed by atoms with E-state index < -0.39 is 0 Å². The van der Waals surface area contributed by atoms with Gasteiger partial charge in [-0.1, -0.05) is 47.5 Å². The van der Waals surface area contributed by atoms with Crippen LogP contribution in [0.5, 0.6) is 0 Å². The standard InChI is InChI=1S/C17H16Cl2O2/c1-21-17(20)16(13-5-9-15(19)10-6-13)11-4-12-2-7-14(18)8-3-12/h2-3,5-10,16H,4,11H2,1H3. The molecule has 0 saturated carbocycles. The number of methoxy groups -OCH3 is 1. The van der Waals surface area contributed by atoms with Crippen LogP contribution >= 0.6 is 23.2 Å². The fourth-order valence-corrected chi connectivity index (χ4v) is 2.47. The topological polar surface area (TPSA) is 26.3 Å². The van der Waals surface area contributed by atoms with Crippen LogP contribution in [0.15, 0.2) is 48.5 Å². The van der Waals surface area contributed by atoms with E-state index in [4.69, 9.17) is 27.9 Å². The highest BCUT2D eigenvalue weighted by Gasteiger charge is 2.21. The van der Waals surface area contributed by atoms with Crippen LogP contribution in [0.25, 0.3) is 0 Å². The first-order chi connectivity index (χ1) is 10.1. The van der Waals surface area contributed by atoms with Gasteiger partial charge in [0.15, 0.2) is 0 Å². The van der Waals surface area contributed by atoms with Gasteiger partial charge in [-0.2, -0.15) is 0 Å². The van der Waals surface area contributed by atoms with Gasteiger partial charge in [-0.3, -0.25) is 4.79 Å². The van der Waals surface area contributed by atoms with E-state index in [0.29, 0.717) is 16.5 Å². The summed E-state index contributed by atoms with van der Waals surface area (Å²) in [4.78, 5) is 12.0. The van der Waals surface area contributed by atoms with Gasteiger partial charge in [0.05, 0.1) is 13.0 Å². The van der Waals surface area contributed by atoms with Gasteiger partial charge >= 0.3 is 5.97 Å². The minimum atomic E-state index is -0.289. The number of carbonyl (C=O) groups excluding carboxylic acids is 1. The summed E-state index contributed by atoms with van der Waals surface area (Å²) in [6, 6.07) is 15.0. The van der Waals surface area contributed by atoms with Crippen molar-refractivity contribution in [3.05, 3.63) is 69.7 Å². The minimum Gasteiger partial charge on any atom is -0.469 e. The van der Waals surface area contributed by atoms with Crippen LogP contribution in [0.3, 0.4) is 0 Å². The van der Waals surface area contributed by atoms with E-state index in [1.54, 1.807) is 12.1 Å². The fourth-order valence-electron chi connectivity index (χ4n) is 2.22. The summed E-state index contributed by atoms with van der Waals surface area (Å²) < 4.78 is 4.91. The molecule has 1 atom stereocenters. The first kappa shape index (κ1) is 15.9. The number of rotatable bonds is 5. The van der Waals surface area contributed by atoms with Crippen molar-refractivity contribution < 1.29 is 9.53 Å². The number of ether oxygens (including phenoxy) is 1. The molecule has 0 bridgehead atoms. The molecule has 0 heterocycles. The monoisotopic (exact) mass is 322 g/mol. The van der Waals surface area contributed by atoms with Crippen LogP contribution in [0.2, 0.25) is 10.0 Å². The highest BCUT2D eigenvalue weighted by Crippen LogP contribution is 2.25. The Morgan fingerprint density at radius 1 is 1.00 bits per heavy atom. The van der Waals surface area contributed by atoms with E-state index in [9.17, 15) is 4.79 Å².